The van der Waals surface area contributed by atoms with E-state index >= 15 is 0 Å². The van der Waals surface area contributed by atoms with Crippen molar-refractivity contribution in [3.63, 3.8) is 0 Å². The van der Waals surface area contributed by atoms with Gasteiger partial charge >= 0.3 is 0 Å². The van der Waals surface area contributed by atoms with Crippen LogP contribution < -0.4 is 10.0 Å². The second-order valence-corrected chi connectivity index (χ2v) is 6.52. The van der Waals surface area contributed by atoms with Crippen LogP contribution in [0.3, 0.4) is 0 Å². The van der Waals surface area contributed by atoms with E-state index < -0.39 is 10.0 Å². The second kappa shape index (κ2) is 7.84. The minimum Gasteiger partial charge on any atom is -0.372 e. The highest BCUT2D eigenvalue weighted by Gasteiger charge is 2.15. The summed E-state index contributed by atoms with van der Waals surface area (Å²) in [7, 11) is -3.80. The largest absolute Gasteiger partial charge is 0.372 e. The van der Waals surface area contributed by atoms with E-state index in [1.807, 2.05) is 0 Å². The Morgan fingerprint density at radius 2 is 1.92 bits per heavy atom. The van der Waals surface area contributed by atoms with Crippen molar-refractivity contribution >= 4 is 27.6 Å². The van der Waals surface area contributed by atoms with Gasteiger partial charge in [0, 0.05) is 24.2 Å². The van der Waals surface area contributed by atoms with Crippen LogP contribution in [0.15, 0.2) is 41.4 Å². The van der Waals surface area contributed by atoms with E-state index in [9.17, 15) is 13.2 Å². The molecular weight excluding hydrogens is 332 g/mol. The molecule has 0 aliphatic carbocycles. The highest BCUT2D eigenvalue weighted by molar-refractivity contribution is 7.92. The molecule has 2 aromatic rings. The van der Waals surface area contributed by atoms with Crippen molar-refractivity contribution in [3.8, 4) is 0 Å². The Morgan fingerprint density at radius 1 is 1.21 bits per heavy atom. The third-order valence-corrected chi connectivity index (χ3v) is 4.25. The number of hydrogen-bond donors (Lipinski definition) is 2. The fourth-order valence-electron chi connectivity index (χ4n) is 1.79. The topological polar surface area (TPSA) is 110 Å². The molecule has 0 fully saturated rings. The Hall–Kier alpha value is -2.52. The number of hydrogen-bond acceptors (Lipinski definition) is 6. The summed E-state index contributed by atoms with van der Waals surface area (Å²) in [6, 6.07) is 7.42. The Morgan fingerprint density at radius 3 is 2.54 bits per heavy atom. The molecule has 1 aromatic heterocycles. The first-order valence-corrected chi connectivity index (χ1v) is 8.69. The van der Waals surface area contributed by atoms with Crippen LogP contribution in [-0.2, 0) is 19.6 Å². The minimum absolute atomic E-state index is 0.00379. The number of carbonyl (C=O) groups is 1. The Labute approximate surface area is 140 Å². The van der Waals surface area contributed by atoms with Crippen LogP contribution in [-0.4, -0.2) is 37.5 Å². The van der Waals surface area contributed by atoms with Gasteiger partial charge in [0.05, 0.1) is 4.90 Å². The molecule has 0 atom stereocenters. The van der Waals surface area contributed by atoms with Gasteiger partial charge in [-0.1, -0.05) is 0 Å². The van der Waals surface area contributed by atoms with Gasteiger partial charge in [-0.15, -0.1) is 0 Å². The lowest BCUT2D eigenvalue weighted by Gasteiger charge is -2.09. The quantitative estimate of drug-likeness (QED) is 0.784. The summed E-state index contributed by atoms with van der Waals surface area (Å²) in [5.74, 6) is -0.303. The molecule has 0 radical (unpaired) electrons. The summed E-state index contributed by atoms with van der Waals surface area (Å²) < 4.78 is 31.9. The van der Waals surface area contributed by atoms with Crippen LogP contribution in [0, 0.1) is 6.92 Å². The van der Waals surface area contributed by atoms with E-state index in [4.69, 9.17) is 4.74 Å². The van der Waals surface area contributed by atoms with Crippen molar-refractivity contribution in [2.24, 2.45) is 0 Å². The third-order valence-electron chi connectivity index (χ3n) is 2.91. The van der Waals surface area contributed by atoms with Gasteiger partial charge < -0.3 is 10.1 Å². The monoisotopic (exact) mass is 350 g/mol. The Bertz CT molecular complexity index is 806. The highest BCUT2D eigenvalue weighted by Crippen LogP contribution is 2.16. The zero-order chi connectivity index (χ0) is 17.6. The molecule has 9 heteroatoms. The number of benzene rings is 1. The molecule has 2 rings (SSSR count). The SMILES string of the molecule is CCOCC(=O)Nc1ccc(S(=O)(=O)Nc2nccc(C)n2)cc1. The zero-order valence-electron chi connectivity index (χ0n) is 13.3. The van der Waals surface area contributed by atoms with Gasteiger partial charge in [-0.25, -0.2) is 23.1 Å². The molecule has 1 amide bonds. The number of rotatable bonds is 7. The van der Waals surface area contributed by atoms with Crippen molar-refractivity contribution in [2.75, 3.05) is 23.3 Å². The molecule has 24 heavy (non-hydrogen) atoms. The molecule has 1 heterocycles. The Kier molecular flexibility index (Phi) is 5.83. The van der Waals surface area contributed by atoms with E-state index in [2.05, 4.69) is 20.0 Å². The molecule has 128 valence electrons. The number of nitrogens with zero attached hydrogens (tertiary/aromatic N) is 2. The van der Waals surface area contributed by atoms with Gasteiger partial charge in [0.2, 0.25) is 11.9 Å². The van der Waals surface area contributed by atoms with E-state index in [0.717, 1.165) is 0 Å². The van der Waals surface area contributed by atoms with Gasteiger partial charge in [-0.05, 0) is 44.2 Å². The first kappa shape index (κ1) is 17.8. The highest BCUT2D eigenvalue weighted by atomic mass is 32.2. The number of amides is 1. The number of anilines is 2. The summed E-state index contributed by atoms with van der Waals surface area (Å²) >= 11 is 0. The fourth-order valence-corrected chi connectivity index (χ4v) is 2.74. The predicted molar refractivity (Wildman–Crippen MR) is 89.1 cm³/mol. The molecule has 0 aliphatic rings. The van der Waals surface area contributed by atoms with E-state index in [0.29, 0.717) is 18.0 Å². The molecular formula is C15H18N4O4S. The van der Waals surface area contributed by atoms with Crippen molar-refractivity contribution in [1.29, 1.82) is 0 Å². The molecule has 0 saturated carbocycles. The molecule has 0 saturated heterocycles. The Balaban J connectivity index is 2.07. The lowest BCUT2D eigenvalue weighted by Crippen LogP contribution is -2.18. The van der Waals surface area contributed by atoms with Gasteiger partial charge in [0.15, 0.2) is 0 Å². The van der Waals surface area contributed by atoms with Gasteiger partial charge in [-0.2, -0.15) is 0 Å². The summed E-state index contributed by atoms with van der Waals surface area (Å²) in [5.41, 5.74) is 1.13. The average molecular weight is 350 g/mol. The molecule has 2 N–H and O–H groups in total. The molecule has 0 spiro atoms. The standard InChI is InChI=1S/C15H18N4O4S/c1-3-23-10-14(20)18-12-4-6-13(7-5-12)24(21,22)19-15-16-9-8-11(2)17-15/h4-9H,3,10H2,1-2H3,(H,18,20)(H,16,17,19). The number of nitrogens with one attached hydrogen (secondary N) is 2. The number of aryl methyl sites for hydroxylation is 1. The molecule has 0 unspecified atom stereocenters. The second-order valence-electron chi connectivity index (χ2n) is 4.84. The number of aromatic nitrogens is 2. The van der Waals surface area contributed by atoms with Crippen molar-refractivity contribution in [2.45, 2.75) is 18.7 Å². The molecule has 0 aliphatic heterocycles. The number of ether oxygens (including phenoxy) is 1. The summed E-state index contributed by atoms with van der Waals surface area (Å²) in [6.45, 7) is 3.91. The lowest BCUT2D eigenvalue weighted by molar-refractivity contribution is -0.120. The maximum atomic E-state index is 12.3. The van der Waals surface area contributed by atoms with Gasteiger partial charge in [-0.3, -0.25) is 4.79 Å². The van der Waals surface area contributed by atoms with E-state index in [1.54, 1.807) is 19.9 Å². The zero-order valence-corrected chi connectivity index (χ0v) is 14.1. The van der Waals surface area contributed by atoms with Crippen molar-refractivity contribution < 1.29 is 17.9 Å². The van der Waals surface area contributed by atoms with Crippen LogP contribution >= 0.6 is 0 Å². The van der Waals surface area contributed by atoms with E-state index in [1.165, 1.54) is 30.5 Å². The van der Waals surface area contributed by atoms with Crippen LogP contribution in [0.25, 0.3) is 0 Å². The van der Waals surface area contributed by atoms with Crippen molar-refractivity contribution in [3.05, 3.63) is 42.2 Å². The molecule has 1 aromatic carbocycles. The van der Waals surface area contributed by atoms with Crippen LogP contribution in [0.5, 0.6) is 0 Å². The fraction of sp³-hybridized carbons (Fsp3) is 0.267. The molecule has 8 nitrogen and oxygen atoms in total. The first-order chi connectivity index (χ1) is 11.4. The van der Waals surface area contributed by atoms with Crippen LogP contribution in [0.1, 0.15) is 12.6 Å². The first-order valence-electron chi connectivity index (χ1n) is 7.21. The summed E-state index contributed by atoms with van der Waals surface area (Å²) in [6.07, 6.45) is 1.47. The normalized spacial score (nSPS) is 11.1. The number of carbonyl (C=O) groups excluding carboxylic acids is 1. The maximum Gasteiger partial charge on any atom is 0.264 e. The third kappa shape index (κ3) is 5.00. The summed E-state index contributed by atoms with van der Waals surface area (Å²) in [5, 5.41) is 2.61. The summed E-state index contributed by atoms with van der Waals surface area (Å²) in [4.78, 5) is 19.4. The van der Waals surface area contributed by atoms with Crippen LogP contribution in [0.2, 0.25) is 0 Å². The van der Waals surface area contributed by atoms with Crippen molar-refractivity contribution in [1.82, 2.24) is 9.97 Å². The predicted octanol–water partition coefficient (Wildman–Crippen LogP) is 1.56. The smallest absolute Gasteiger partial charge is 0.264 e. The van der Waals surface area contributed by atoms with E-state index in [-0.39, 0.29) is 23.4 Å². The van der Waals surface area contributed by atoms with Gasteiger partial charge in [0.1, 0.15) is 6.61 Å². The van der Waals surface area contributed by atoms with Gasteiger partial charge in [0.25, 0.3) is 10.0 Å². The molecule has 0 bridgehead atoms. The maximum absolute atomic E-state index is 12.3. The van der Waals surface area contributed by atoms with Crippen LogP contribution in [0.4, 0.5) is 11.6 Å². The lowest BCUT2D eigenvalue weighted by atomic mass is 10.3. The average Bonchev–Trinajstić information content (AvgIpc) is 2.53. The number of sulfonamides is 1. The minimum atomic E-state index is -3.80.